The predicted molar refractivity (Wildman–Crippen MR) is 122 cm³/mol. The summed E-state index contributed by atoms with van der Waals surface area (Å²) < 4.78 is 1.73. The second-order valence-electron chi connectivity index (χ2n) is 8.56. The van der Waals surface area contributed by atoms with Crippen molar-refractivity contribution in [3.8, 4) is 5.82 Å². The molecule has 0 aliphatic carbocycles. The van der Waals surface area contributed by atoms with Gasteiger partial charge in [-0.1, -0.05) is 30.3 Å². The second-order valence-corrected chi connectivity index (χ2v) is 8.56. The third-order valence-electron chi connectivity index (χ3n) is 6.40. The second kappa shape index (κ2) is 9.48. The van der Waals surface area contributed by atoms with Crippen LogP contribution in [0.25, 0.3) is 5.82 Å². The van der Waals surface area contributed by atoms with Crippen molar-refractivity contribution in [1.29, 1.82) is 0 Å². The lowest BCUT2D eigenvalue weighted by molar-refractivity contribution is -0.137. The number of benzene rings is 1. The number of nitrogens with zero attached hydrogens (tertiary/aromatic N) is 7. The summed E-state index contributed by atoms with van der Waals surface area (Å²) in [6, 6.07) is 14.4. The summed E-state index contributed by atoms with van der Waals surface area (Å²) in [4.78, 5) is 28.8. The van der Waals surface area contributed by atoms with Gasteiger partial charge in [0, 0.05) is 64.3 Å². The van der Waals surface area contributed by atoms with Crippen molar-refractivity contribution in [2.75, 3.05) is 44.2 Å². The molecule has 8 heteroatoms. The van der Waals surface area contributed by atoms with E-state index in [2.05, 4.69) is 54.0 Å². The summed E-state index contributed by atoms with van der Waals surface area (Å²) in [5, 5.41) is 4.25. The minimum Gasteiger partial charge on any atom is -0.356 e. The lowest BCUT2D eigenvalue weighted by Gasteiger charge is -2.39. The Morgan fingerprint density at radius 2 is 1.78 bits per heavy atom. The number of hydrogen-bond acceptors (Lipinski definition) is 6. The van der Waals surface area contributed by atoms with Gasteiger partial charge in [0.15, 0.2) is 5.82 Å². The van der Waals surface area contributed by atoms with E-state index in [9.17, 15) is 4.79 Å². The third kappa shape index (κ3) is 4.65. The molecule has 166 valence electrons. The van der Waals surface area contributed by atoms with E-state index in [0.717, 1.165) is 63.7 Å². The highest BCUT2D eigenvalue weighted by Crippen LogP contribution is 2.24. The summed E-state index contributed by atoms with van der Waals surface area (Å²) in [5.74, 6) is 1.90. The van der Waals surface area contributed by atoms with Gasteiger partial charge in [0.05, 0.1) is 5.92 Å². The van der Waals surface area contributed by atoms with Crippen LogP contribution in [0.2, 0.25) is 0 Å². The smallest absolute Gasteiger partial charge is 0.227 e. The van der Waals surface area contributed by atoms with E-state index in [1.54, 1.807) is 17.2 Å². The Labute approximate surface area is 188 Å². The predicted octanol–water partition coefficient (Wildman–Crippen LogP) is 2.22. The number of hydrogen-bond donors (Lipinski definition) is 0. The molecule has 2 fully saturated rings. The molecule has 1 unspecified atom stereocenters. The van der Waals surface area contributed by atoms with Crippen LogP contribution >= 0.6 is 0 Å². The molecule has 1 amide bonds. The lowest BCUT2D eigenvalue weighted by atomic mass is 9.96. The van der Waals surface area contributed by atoms with Crippen LogP contribution in [-0.2, 0) is 11.3 Å². The van der Waals surface area contributed by atoms with Crippen LogP contribution in [0.15, 0.2) is 61.2 Å². The Morgan fingerprint density at radius 1 is 0.969 bits per heavy atom. The Bertz CT molecular complexity index is 1020. The summed E-state index contributed by atoms with van der Waals surface area (Å²) in [6.07, 6.45) is 7.11. The van der Waals surface area contributed by atoms with Crippen molar-refractivity contribution in [1.82, 2.24) is 29.5 Å². The molecule has 2 aliphatic rings. The van der Waals surface area contributed by atoms with Crippen molar-refractivity contribution in [3.05, 3.63) is 66.7 Å². The van der Waals surface area contributed by atoms with Crippen molar-refractivity contribution >= 4 is 11.7 Å². The molecule has 32 heavy (non-hydrogen) atoms. The number of piperidine rings is 1. The molecule has 0 spiro atoms. The molecule has 4 heterocycles. The first-order chi connectivity index (χ1) is 15.8. The first-order valence-electron chi connectivity index (χ1n) is 11.4. The van der Waals surface area contributed by atoms with E-state index < -0.39 is 0 Å². The van der Waals surface area contributed by atoms with E-state index in [0.29, 0.717) is 6.54 Å². The van der Waals surface area contributed by atoms with E-state index in [-0.39, 0.29) is 11.8 Å². The Balaban J connectivity index is 1.18. The minimum atomic E-state index is 0.0209. The number of rotatable bonds is 5. The quantitative estimate of drug-likeness (QED) is 0.617. The molecule has 8 nitrogen and oxygen atoms in total. The maximum absolute atomic E-state index is 13.3. The van der Waals surface area contributed by atoms with Gasteiger partial charge in [-0.25, -0.2) is 14.6 Å². The van der Waals surface area contributed by atoms with Gasteiger partial charge in [-0.15, -0.1) is 0 Å². The molecule has 2 saturated heterocycles. The Morgan fingerprint density at radius 3 is 2.56 bits per heavy atom. The van der Waals surface area contributed by atoms with Gasteiger partial charge in [0.25, 0.3) is 0 Å². The Kier molecular flexibility index (Phi) is 6.11. The fraction of sp³-hybridized carbons (Fsp3) is 0.417. The topological polar surface area (TPSA) is 70.4 Å². The molecule has 1 aromatic carbocycles. The van der Waals surface area contributed by atoms with Gasteiger partial charge < -0.3 is 9.80 Å². The monoisotopic (exact) mass is 431 g/mol. The first kappa shape index (κ1) is 20.6. The number of anilines is 1. The number of amides is 1. The molecule has 1 atom stereocenters. The molecule has 3 aromatic rings. The van der Waals surface area contributed by atoms with E-state index in [1.165, 1.54) is 5.56 Å². The zero-order valence-corrected chi connectivity index (χ0v) is 18.3. The number of carbonyl (C=O) groups is 1. The third-order valence-corrected chi connectivity index (χ3v) is 6.40. The maximum Gasteiger partial charge on any atom is 0.227 e. The fourth-order valence-electron chi connectivity index (χ4n) is 4.65. The fourth-order valence-corrected chi connectivity index (χ4v) is 4.65. The highest BCUT2D eigenvalue weighted by molar-refractivity contribution is 5.80. The van der Waals surface area contributed by atoms with Gasteiger partial charge >= 0.3 is 0 Å². The van der Waals surface area contributed by atoms with Crippen LogP contribution in [0, 0.1) is 5.92 Å². The largest absolute Gasteiger partial charge is 0.356 e. The van der Waals surface area contributed by atoms with Gasteiger partial charge in [-0.05, 0) is 24.5 Å². The SMILES string of the molecule is O=C(C1CCCN(c2cc(-n3cccn3)ncn2)C1)N1CCN(Cc2ccccc2)CC1. The summed E-state index contributed by atoms with van der Waals surface area (Å²) >= 11 is 0. The van der Waals surface area contributed by atoms with Crippen LogP contribution in [0.5, 0.6) is 0 Å². The average Bonchev–Trinajstić information content (AvgIpc) is 3.40. The van der Waals surface area contributed by atoms with Crippen LogP contribution in [0.1, 0.15) is 18.4 Å². The molecule has 2 aliphatic heterocycles. The molecule has 0 N–H and O–H groups in total. The summed E-state index contributed by atoms with van der Waals surface area (Å²) in [7, 11) is 0. The van der Waals surface area contributed by atoms with Gasteiger partial charge in [-0.2, -0.15) is 5.10 Å². The van der Waals surface area contributed by atoms with Crippen molar-refractivity contribution in [2.24, 2.45) is 5.92 Å². The Hall–Kier alpha value is -3.26. The van der Waals surface area contributed by atoms with Crippen molar-refractivity contribution < 1.29 is 4.79 Å². The van der Waals surface area contributed by atoms with E-state index >= 15 is 0 Å². The zero-order chi connectivity index (χ0) is 21.8. The van der Waals surface area contributed by atoms with Gasteiger partial charge in [0.1, 0.15) is 12.1 Å². The van der Waals surface area contributed by atoms with Gasteiger partial charge in [-0.3, -0.25) is 9.69 Å². The zero-order valence-electron chi connectivity index (χ0n) is 18.3. The van der Waals surface area contributed by atoms with Crippen LogP contribution in [-0.4, -0.2) is 74.7 Å². The standard InChI is InChI=1S/C24H29N7O/c32-24(29-14-12-28(13-15-29)17-20-6-2-1-3-7-20)21-8-4-10-30(18-21)22-16-23(26-19-25-22)31-11-5-9-27-31/h1-3,5-7,9,11,16,19,21H,4,8,10,12-15,17-18H2. The van der Waals surface area contributed by atoms with Crippen LogP contribution in [0.4, 0.5) is 5.82 Å². The highest BCUT2D eigenvalue weighted by atomic mass is 16.2. The molecular weight excluding hydrogens is 402 g/mol. The molecule has 2 aromatic heterocycles. The summed E-state index contributed by atoms with van der Waals surface area (Å²) in [6.45, 7) is 6.03. The van der Waals surface area contributed by atoms with E-state index in [4.69, 9.17) is 0 Å². The lowest BCUT2D eigenvalue weighted by Crippen LogP contribution is -2.52. The first-order valence-corrected chi connectivity index (χ1v) is 11.4. The van der Waals surface area contributed by atoms with Crippen LogP contribution in [0.3, 0.4) is 0 Å². The van der Waals surface area contributed by atoms with Crippen LogP contribution < -0.4 is 4.90 Å². The molecule has 5 rings (SSSR count). The minimum absolute atomic E-state index is 0.0209. The van der Waals surface area contributed by atoms with Gasteiger partial charge in [0.2, 0.25) is 5.91 Å². The number of aromatic nitrogens is 4. The van der Waals surface area contributed by atoms with Crippen molar-refractivity contribution in [2.45, 2.75) is 19.4 Å². The van der Waals surface area contributed by atoms with E-state index in [1.807, 2.05) is 24.4 Å². The summed E-state index contributed by atoms with van der Waals surface area (Å²) in [5.41, 5.74) is 1.33. The molecule has 0 saturated carbocycles. The number of piperazine rings is 1. The maximum atomic E-state index is 13.3. The number of carbonyl (C=O) groups excluding carboxylic acids is 1. The molecular formula is C24H29N7O. The molecule has 0 radical (unpaired) electrons. The van der Waals surface area contributed by atoms with Crippen molar-refractivity contribution in [3.63, 3.8) is 0 Å². The average molecular weight is 432 g/mol. The normalized spacial score (nSPS) is 19.8. The molecule has 0 bridgehead atoms. The highest BCUT2D eigenvalue weighted by Gasteiger charge is 2.31.